The summed E-state index contributed by atoms with van der Waals surface area (Å²) in [5.74, 6) is -0.234. The highest BCUT2D eigenvalue weighted by molar-refractivity contribution is 6.22. The van der Waals surface area contributed by atoms with E-state index in [2.05, 4.69) is 15.1 Å². The first-order valence-corrected chi connectivity index (χ1v) is 6.16. The second-order valence-electron chi connectivity index (χ2n) is 4.28. The van der Waals surface area contributed by atoms with Crippen LogP contribution in [0.1, 0.15) is 17.0 Å². The number of nitriles is 1. The van der Waals surface area contributed by atoms with Crippen LogP contribution in [-0.2, 0) is 4.84 Å². The summed E-state index contributed by atoms with van der Waals surface area (Å²) in [6, 6.07) is 9.13. The number of fused-ring (bicyclic) bond motifs is 3. The third kappa shape index (κ3) is 2.01. The van der Waals surface area contributed by atoms with Crippen molar-refractivity contribution >= 4 is 11.8 Å². The molecule has 2 aromatic rings. The van der Waals surface area contributed by atoms with Crippen LogP contribution >= 0.6 is 0 Å². The molecule has 0 saturated heterocycles. The lowest BCUT2D eigenvalue weighted by Crippen LogP contribution is -2.18. The molecule has 8 nitrogen and oxygen atoms in total. The third-order valence-electron chi connectivity index (χ3n) is 3.01. The first kappa shape index (κ1) is 13.5. The fraction of sp³-hybridized carbons (Fsp3) is 0.0714. The van der Waals surface area contributed by atoms with Crippen molar-refractivity contribution in [1.29, 1.82) is 5.26 Å². The smallest absolute Gasteiger partial charge is 0.399 e. The lowest BCUT2D eigenvalue weighted by atomic mass is 10.1. The van der Waals surface area contributed by atoms with Gasteiger partial charge in [0.2, 0.25) is 5.69 Å². The zero-order valence-electron chi connectivity index (χ0n) is 11.4. The molecular formula is C14H9N5O3. The minimum absolute atomic E-state index is 0.158. The van der Waals surface area contributed by atoms with Crippen molar-refractivity contribution in [3.8, 4) is 23.2 Å². The molecule has 0 fully saturated rings. The van der Waals surface area contributed by atoms with Crippen LogP contribution in [-0.4, -0.2) is 28.9 Å². The minimum atomic E-state index is -1.07. The summed E-state index contributed by atoms with van der Waals surface area (Å²) >= 11 is 0. The Kier molecular flexibility index (Phi) is 3.16. The van der Waals surface area contributed by atoms with Gasteiger partial charge in [0, 0.05) is 11.1 Å². The molecule has 0 unspecified atom stereocenters. The van der Waals surface area contributed by atoms with E-state index in [4.69, 9.17) is 20.6 Å². The molecule has 0 saturated carbocycles. The SMILES string of the molecule is CON=C1c2ccccc2-c2nc(OC(N)=O)c(C#N)nc21. The molecule has 0 radical (unpaired) electrons. The lowest BCUT2D eigenvalue weighted by molar-refractivity contribution is 0.208. The van der Waals surface area contributed by atoms with Crippen molar-refractivity contribution in [2.24, 2.45) is 10.9 Å². The molecule has 22 heavy (non-hydrogen) atoms. The normalized spacial score (nSPS) is 13.2. The Morgan fingerprint density at radius 1 is 1.27 bits per heavy atom. The van der Waals surface area contributed by atoms with E-state index >= 15 is 0 Å². The molecule has 1 aromatic carbocycles. The molecule has 0 atom stereocenters. The number of amides is 1. The zero-order chi connectivity index (χ0) is 15.7. The number of nitrogens with zero attached hydrogens (tertiary/aromatic N) is 4. The number of hydrogen-bond donors (Lipinski definition) is 1. The molecule has 0 bridgehead atoms. The summed E-state index contributed by atoms with van der Waals surface area (Å²) in [5, 5.41) is 13.1. The van der Waals surface area contributed by atoms with E-state index in [0.717, 1.165) is 11.1 Å². The molecule has 2 N–H and O–H groups in total. The van der Waals surface area contributed by atoms with Crippen LogP contribution in [0.5, 0.6) is 5.88 Å². The number of primary amides is 1. The van der Waals surface area contributed by atoms with Crippen molar-refractivity contribution < 1.29 is 14.4 Å². The van der Waals surface area contributed by atoms with Gasteiger partial charge in [0.1, 0.15) is 30.3 Å². The van der Waals surface area contributed by atoms with E-state index < -0.39 is 6.09 Å². The van der Waals surface area contributed by atoms with Crippen molar-refractivity contribution in [3.05, 3.63) is 41.2 Å². The molecular weight excluding hydrogens is 286 g/mol. The van der Waals surface area contributed by atoms with Crippen LogP contribution in [0.25, 0.3) is 11.3 Å². The molecule has 1 aromatic heterocycles. The van der Waals surface area contributed by atoms with Crippen molar-refractivity contribution in [1.82, 2.24) is 9.97 Å². The second-order valence-corrected chi connectivity index (χ2v) is 4.28. The maximum Gasteiger partial charge on any atom is 0.411 e. The summed E-state index contributed by atoms with van der Waals surface area (Å²) < 4.78 is 4.74. The van der Waals surface area contributed by atoms with Crippen molar-refractivity contribution in [2.75, 3.05) is 7.11 Å². The van der Waals surface area contributed by atoms with E-state index in [-0.39, 0.29) is 11.6 Å². The van der Waals surface area contributed by atoms with Gasteiger partial charge in [-0.05, 0) is 0 Å². The number of oxime groups is 1. The Morgan fingerprint density at radius 2 is 2.00 bits per heavy atom. The number of benzene rings is 1. The van der Waals surface area contributed by atoms with Gasteiger partial charge in [-0.15, -0.1) is 0 Å². The predicted octanol–water partition coefficient (Wildman–Crippen LogP) is 1.18. The predicted molar refractivity (Wildman–Crippen MR) is 75.0 cm³/mol. The summed E-state index contributed by atoms with van der Waals surface area (Å²) in [6.07, 6.45) is -1.07. The van der Waals surface area contributed by atoms with Gasteiger partial charge in [0.15, 0.2) is 0 Å². The Bertz CT molecular complexity index is 854. The molecule has 3 rings (SSSR count). The monoisotopic (exact) mass is 295 g/mol. The topological polar surface area (TPSA) is 123 Å². The first-order valence-electron chi connectivity index (χ1n) is 6.16. The van der Waals surface area contributed by atoms with Gasteiger partial charge in [-0.3, -0.25) is 0 Å². The largest absolute Gasteiger partial charge is 0.411 e. The first-order chi connectivity index (χ1) is 10.7. The third-order valence-corrected chi connectivity index (χ3v) is 3.01. The van der Waals surface area contributed by atoms with E-state index in [1.165, 1.54) is 7.11 Å². The number of rotatable bonds is 2. The molecule has 1 aliphatic carbocycles. The average molecular weight is 295 g/mol. The Hall–Kier alpha value is -3.47. The number of carbonyl (C=O) groups excluding carboxylic acids is 1. The standard InChI is InChI=1S/C14H9N5O3/c1-21-19-11-8-5-3-2-4-7(8)10-12(11)17-9(6-15)13(18-10)22-14(16)20/h2-5H,1H3,(H2,16,20). The van der Waals surface area contributed by atoms with Crippen LogP contribution in [0.15, 0.2) is 29.4 Å². The van der Waals surface area contributed by atoms with E-state index in [9.17, 15) is 4.79 Å². The molecule has 1 aliphatic rings. The zero-order valence-corrected chi connectivity index (χ0v) is 11.4. The highest BCUT2D eigenvalue weighted by atomic mass is 16.6. The highest BCUT2D eigenvalue weighted by Gasteiger charge is 2.30. The Labute approximate surface area is 124 Å². The highest BCUT2D eigenvalue weighted by Crippen LogP contribution is 2.36. The fourth-order valence-corrected chi connectivity index (χ4v) is 2.22. The van der Waals surface area contributed by atoms with Gasteiger partial charge < -0.3 is 15.3 Å². The average Bonchev–Trinajstić information content (AvgIpc) is 2.80. The van der Waals surface area contributed by atoms with Crippen molar-refractivity contribution in [2.45, 2.75) is 0 Å². The number of hydrogen-bond acceptors (Lipinski definition) is 7. The minimum Gasteiger partial charge on any atom is -0.399 e. The Balaban J connectivity index is 2.28. The molecule has 8 heteroatoms. The van der Waals surface area contributed by atoms with Crippen LogP contribution in [0.2, 0.25) is 0 Å². The van der Waals surface area contributed by atoms with E-state index in [1.54, 1.807) is 0 Å². The van der Waals surface area contributed by atoms with Crippen LogP contribution in [0.4, 0.5) is 4.79 Å². The Morgan fingerprint density at radius 3 is 2.64 bits per heavy atom. The number of ether oxygens (including phenoxy) is 1. The molecule has 0 spiro atoms. The van der Waals surface area contributed by atoms with Crippen LogP contribution < -0.4 is 10.5 Å². The lowest BCUT2D eigenvalue weighted by Gasteiger charge is -2.05. The molecule has 1 heterocycles. The van der Waals surface area contributed by atoms with Gasteiger partial charge in [-0.2, -0.15) is 5.26 Å². The maximum absolute atomic E-state index is 10.9. The quantitative estimate of drug-likeness (QED) is 0.708. The maximum atomic E-state index is 10.9. The van der Waals surface area contributed by atoms with Gasteiger partial charge in [-0.1, -0.05) is 29.4 Å². The summed E-state index contributed by atoms with van der Waals surface area (Å²) in [4.78, 5) is 24.1. The molecule has 1 amide bonds. The van der Waals surface area contributed by atoms with Gasteiger partial charge in [-0.25, -0.2) is 14.8 Å². The van der Waals surface area contributed by atoms with Gasteiger partial charge in [0.25, 0.3) is 5.88 Å². The van der Waals surface area contributed by atoms with E-state index in [1.807, 2.05) is 30.3 Å². The molecule has 108 valence electrons. The fourth-order valence-electron chi connectivity index (χ4n) is 2.22. The summed E-state index contributed by atoms with van der Waals surface area (Å²) in [6.45, 7) is 0. The number of aromatic nitrogens is 2. The van der Waals surface area contributed by atoms with Gasteiger partial charge in [0.05, 0.1) is 0 Å². The van der Waals surface area contributed by atoms with Gasteiger partial charge >= 0.3 is 6.09 Å². The summed E-state index contributed by atoms with van der Waals surface area (Å²) in [7, 11) is 1.41. The second kappa shape index (κ2) is 5.14. The van der Waals surface area contributed by atoms with Crippen LogP contribution in [0.3, 0.4) is 0 Å². The van der Waals surface area contributed by atoms with E-state index in [0.29, 0.717) is 17.1 Å². The summed E-state index contributed by atoms with van der Waals surface area (Å²) in [5.41, 5.74) is 7.63. The number of carbonyl (C=O) groups is 1. The van der Waals surface area contributed by atoms with Crippen LogP contribution in [0, 0.1) is 11.3 Å². The number of nitrogens with two attached hydrogens (primary N) is 1. The van der Waals surface area contributed by atoms with Crippen molar-refractivity contribution in [3.63, 3.8) is 0 Å². The molecule has 0 aliphatic heterocycles.